The van der Waals surface area contributed by atoms with Gasteiger partial charge in [-0.25, -0.2) is 9.37 Å². The lowest BCUT2D eigenvalue weighted by atomic mass is 9.90. The van der Waals surface area contributed by atoms with E-state index in [0.717, 1.165) is 5.57 Å². The van der Waals surface area contributed by atoms with Crippen molar-refractivity contribution in [3.63, 3.8) is 0 Å². The predicted molar refractivity (Wildman–Crippen MR) is 104 cm³/mol. The number of hydrogen-bond acceptors (Lipinski definition) is 4. The Bertz CT molecular complexity index is 1040. The molecule has 0 spiro atoms. The van der Waals surface area contributed by atoms with Gasteiger partial charge in [-0.3, -0.25) is 10.2 Å². The average molecular weight is 365 g/mol. The van der Waals surface area contributed by atoms with Crippen molar-refractivity contribution >= 4 is 23.0 Å². The molecule has 1 aliphatic carbocycles. The average Bonchev–Trinajstić information content (AvgIpc) is 3.01. The zero-order chi connectivity index (χ0) is 19.6. The van der Waals surface area contributed by atoms with Crippen molar-refractivity contribution in [2.75, 3.05) is 11.9 Å². The molecule has 0 saturated carbocycles. The first-order chi connectivity index (χ1) is 12.9. The van der Waals surface area contributed by atoms with E-state index in [0.29, 0.717) is 17.8 Å². The van der Waals surface area contributed by atoms with Crippen molar-refractivity contribution in [2.45, 2.75) is 13.8 Å². The Hall–Kier alpha value is -3.48. The van der Waals surface area contributed by atoms with Crippen molar-refractivity contribution in [1.29, 1.82) is 5.41 Å². The number of nitrogens with one attached hydrogen (secondary N) is 3. The summed E-state index contributed by atoms with van der Waals surface area (Å²) < 4.78 is 15.7. The Morgan fingerprint density at radius 3 is 2.89 bits per heavy atom. The molecule has 27 heavy (non-hydrogen) atoms. The lowest BCUT2D eigenvalue weighted by molar-refractivity contribution is -0.112. The second-order valence-corrected chi connectivity index (χ2v) is 6.04. The number of aromatic nitrogens is 2. The highest BCUT2D eigenvalue weighted by Crippen LogP contribution is 2.24. The van der Waals surface area contributed by atoms with Gasteiger partial charge < -0.3 is 15.0 Å². The van der Waals surface area contributed by atoms with Gasteiger partial charge in [-0.1, -0.05) is 18.7 Å². The van der Waals surface area contributed by atoms with E-state index in [1.807, 2.05) is 6.92 Å². The van der Waals surface area contributed by atoms with Crippen LogP contribution in [0.5, 0.6) is 0 Å². The van der Waals surface area contributed by atoms with Crippen LogP contribution in [-0.2, 0) is 4.79 Å². The second-order valence-electron chi connectivity index (χ2n) is 6.04. The van der Waals surface area contributed by atoms with Crippen LogP contribution in [0, 0.1) is 18.2 Å². The van der Waals surface area contributed by atoms with Crippen LogP contribution in [0.4, 0.5) is 10.1 Å². The number of anilines is 1. The molecular weight excluding hydrogens is 345 g/mol. The van der Waals surface area contributed by atoms with Gasteiger partial charge in [0, 0.05) is 36.8 Å². The number of pyridine rings is 1. The van der Waals surface area contributed by atoms with Gasteiger partial charge in [-0.05, 0) is 25.5 Å². The maximum atomic E-state index is 14.2. The van der Waals surface area contributed by atoms with Crippen LogP contribution in [0.15, 0.2) is 66.2 Å². The number of amides is 1. The number of imidazole rings is 1. The molecule has 1 amide bonds. The van der Waals surface area contributed by atoms with Crippen LogP contribution in [0.1, 0.15) is 12.6 Å². The van der Waals surface area contributed by atoms with Crippen LogP contribution < -0.4 is 10.6 Å². The highest BCUT2D eigenvalue weighted by atomic mass is 19.1. The number of aryl methyl sites for hydroxylation is 1. The lowest BCUT2D eigenvalue weighted by Crippen LogP contribution is -2.24. The van der Waals surface area contributed by atoms with Gasteiger partial charge in [0.25, 0.3) is 5.91 Å². The molecule has 6 nitrogen and oxygen atoms in total. The van der Waals surface area contributed by atoms with Gasteiger partial charge in [-0.2, -0.15) is 0 Å². The van der Waals surface area contributed by atoms with Gasteiger partial charge >= 0.3 is 0 Å². The Morgan fingerprint density at radius 2 is 2.19 bits per heavy atom. The van der Waals surface area contributed by atoms with E-state index in [-0.39, 0.29) is 22.6 Å². The molecule has 3 N–H and O–H groups in total. The molecule has 2 aromatic rings. The van der Waals surface area contributed by atoms with E-state index in [1.165, 1.54) is 10.5 Å². The van der Waals surface area contributed by atoms with Crippen LogP contribution in [0.25, 0.3) is 5.65 Å². The number of nitrogens with zero attached hydrogens (tertiary/aromatic N) is 2. The molecule has 1 aliphatic rings. The van der Waals surface area contributed by atoms with Crippen LogP contribution in [0.3, 0.4) is 0 Å². The molecule has 0 aromatic carbocycles. The highest BCUT2D eigenvalue weighted by molar-refractivity contribution is 6.31. The maximum Gasteiger partial charge on any atom is 0.257 e. The summed E-state index contributed by atoms with van der Waals surface area (Å²) in [6, 6.07) is 1.22. The number of halogens is 1. The van der Waals surface area contributed by atoms with Gasteiger partial charge in [0.05, 0.1) is 22.7 Å². The maximum absolute atomic E-state index is 14.2. The third-order valence-electron chi connectivity index (χ3n) is 4.08. The van der Waals surface area contributed by atoms with Crippen molar-refractivity contribution in [3.05, 3.63) is 77.7 Å². The van der Waals surface area contributed by atoms with E-state index in [2.05, 4.69) is 22.2 Å². The van der Waals surface area contributed by atoms with Crippen LogP contribution in [0.2, 0.25) is 0 Å². The summed E-state index contributed by atoms with van der Waals surface area (Å²) in [5, 5.41) is 14.1. The molecule has 0 bridgehead atoms. The van der Waals surface area contributed by atoms with E-state index in [1.54, 1.807) is 43.7 Å². The Balaban J connectivity index is 1.89. The van der Waals surface area contributed by atoms with E-state index >= 15 is 0 Å². The monoisotopic (exact) mass is 365 g/mol. The minimum atomic E-state index is -0.532. The molecule has 7 heteroatoms. The number of rotatable bonds is 5. The minimum absolute atomic E-state index is 0.0749. The SMILES string of the molecule is C=CC1=CC=C(C(=O)Nc2cc(F)c3nc(C)cn3c2)C(=N)/C1=C\NCC. The standard InChI is InChI=1S/C20H20FN5O/c1-4-13-6-7-15(18(22)16(13)9-23-5-2)20(27)25-14-8-17(21)19-24-12(3)10-26(19)11-14/h4,6-11,22-23H,1,5H2,2-3H3,(H,25,27)/b16-9-,22-18?. The smallest absolute Gasteiger partial charge is 0.257 e. The van der Waals surface area contributed by atoms with E-state index < -0.39 is 11.7 Å². The number of fused-ring (bicyclic) bond motifs is 1. The van der Waals surface area contributed by atoms with E-state index in [9.17, 15) is 9.18 Å². The van der Waals surface area contributed by atoms with Gasteiger partial charge in [0.2, 0.25) is 0 Å². The molecule has 0 unspecified atom stereocenters. The first-order valence-electron chi connectivity index (χ1n) is 8.48. The summed E-state index contributed by atoms with van der Waals surface area (Å²) in [7, 11) is 0. The molecule has 138 valence electrons. The second kappa shape index (κ2) is 7.41. The normalized spacial score (nSPS) is 15.5. The molecule has 0 atom stereocenters. The summed E-state index contributed by atoms with van der Waals surface area (Å²) in [4.78, 5) is 16.8. The van der Waals surface area contributed by atoms with E-state index in [4.69, 9.17) is 5.41 Å². The van der Waals surface area contributed by atoms with Crippen LogP contribution >= 0.6 is 0 Å². The lowest BCUT2D eigenvalue weighted by Gasteiger charge is -2.18. The molecule has 0 fully saturated rings. The van der Waals surface area contributed by atoms with Crippen molar-refractivity contribution in [1.82, 2.24) is 14.7 Å². The van der Waals surface area contributed by atoms with Crippen LogP contribution in [-0.4, -0.2) is 27.5 Å². The zero-order valence-corrected chi connectivity index (χ0v) is 15.1. The number of carbonyl (C=O) groups is 1. The van der Waals surface area contributed by atoms with Crippen molar-refractivity contribution in [3.8, 4) is 0 Å². The molecule has 2 heterocycles. The minimum Gasteiger partial charge on any atom is -0.391 e. The van der Waals surface area contributed by atoms with Crippen molar-refractivity contribution < 1.29 is 9.18 Å². The molecule has 0 aliphatic heterocycles. The first-order valence-corrected chi connectivity index (χ1v) is 8.48. The third-order valence-corrected chi connectivity index (χ3v) is 4.08. The predicted octanol–water partition coefficient (Wildman–Crippen LogP) is 3.29. The Labute approximate surface area is 156 Å². The fraction of sp³-hybridized carbons (Fsp3) is 0.150. The summed E-state index contributed by atoms with van der Waals surface area (Å²) in [5.41, 5.74) is 2.74. The Kier molecular flexibility index (Phi) is 5.03. The molecule has 2 aromatic heterocycles. The molecule has 3 rings (SSSR count). The fourth-order valence-corrected chi connectivity index (χ4v) is 2.81. The number of allylic oxidation sites excluding steroid dienone is 5. The molecule has 0 saturated heterocycles. The van der Waals surface area contributed by atoms with Gasteiger partial charge in [0.1, 0.15) is 0 Å². The number of carbonyl (C=O) groups excluding carboxylic acids is 1. The highest BCUT2D eigenvalue weighted by Gasteiger charge is 2.23. The first kappa shape index (κ1) is 18.3. The fourth-order valence-electron chi connectivity index (χ4n) is 2.81. The zero-order valence-electron chi connectivity index (χ0n) is 15.1. The van der Waals surface area contributed by atoms with Crippen molar-refractivity contribution in [2.24, 2.45) is 0 Å². The molecule has 0 radical (unpaired) electrons. The summed E-state index contributed by atoms with van der Waals surface area (Å²) in [6.07, 6.45) is 9.88. The topological polar surface area (TPSA) is 82.3 Å². The van der Waals surface area contributed by atoms with Gasteiger partial charge in [-0.15, -0.1) is 0 Å². The third kappa shape index (κ3) is 3.57. The largest absolute Gasteiger partial charge is 0.391 e. The quantitative estimate of drug-likeness (QED) is 0.760. The summed E-state index contributed by atoms with van der Waals surface area (Å²) in [6.45, 7) is 8.13. The Morgan fingerprint density at radius 1 is 1.41 bits per heavy atom. The molecular formula is C20H20FN5O. The summed E-state index contributed by atoms with van der Waals surface area (Å²) in [5.74, 6) is -1.02. The summed E-state index contributed by atoms with van der Waals surface area (Å²) >= 11 is 0. The van der Waals surface area contributed by atoms with Gasteiger partial charge in [0.15, 0.2) is 11.5 Å². The number of hydrogen-bond donors (Lipinski definition) is 3.